The monoisotopic (exact) mass is 267 g/mol. The Kier molecular flexibility index (Phi) is 4.16. The number of sulfonamides is 1. The third-order valence-corrected chi connectivity index (χ3v) is 3.85. The van der Waals surface area contributed by atoms with Crippen molar-refractivity contribution < 1.29 is 21.6 Å². The fourth-order valence-corrected chi connectivity index (χ4v) is 1.91. The summed E-state index contributed by atoms with van der Waals surface area (Å²) < 4.78 is 58.8. The van der Waals surface area contributed by atoms with Crippen LogP contribution in [0.2, 0.25) is 0 Å². The van der Waals surface area contributed by atoms with Crippen molar-refractivity contribution in [3.63, 3.8) is 0 Å². The van der Waals surface area contributed by atoms with Gasteiger partial charge in [0.25, 0.3) is 0 Å². The van der Waals surface area contributed by atoms with Crippen LogP contribution in [-0.2, 0) is 16.4 Å². The molecular formula is C10H12F3NO2S. The van der Waals surface area contributed by atoms with Gasteiger partial charge in [0.1, 0.15) is 0 Å². The number of rotatable bonds is 4. The van der Waals surface area contributed by atoms with Gasteiger partial charge in [-0.3, -0.25) is 0 Å². The van der Waals surface area contributed by atoms with Gasteiger partial charge in [-0.2, -0.15) is 17.5 Å². The van der Waals surface area contributed by atoms with Gasteiger partial charge in [0.2, 0.25) is 0 Å². The highest BCUT2D eigenvalue weighted by molar-refractivity contribution is 7.89. The molecule has 0 radical (unpaired) electrons. The minimum atomic E-state index is -5.24. The normalized spacial score (nSPS) is 13.0. The Morgan fingerprint density at radius 1 is 1.18 bits per heavy atom. The van der Waals surface area contributed by atoms with Gasteiger partial charge >= 0.3 is 15.5 Å². The fraction of sp³-hybridized carbons (Fsp3) is 0.400. The van der Waals surface area contributed by atoms with Crippen molar-refractivity contribution in [1.82, 2.24) is 4.31 Å². The fourth-order valence-electron chi connectivity index (χ4n) is 1.23. The molecule has 96 valence electrons. The first-order chi connectivity index (χ1) is 7.75. The Bertz CT molecular complexity index is 456. The van der Waals surface area contributed by atoms with Gasteiger partial charge in [0, 0.05) is 13.6 Å². The first-order valence-corrected chi connectivity index (χ1v) is 6.25. The molecule has 1 rings (SSSR count). The summed E-state index contributed by atoms with van der Waals surface area (Å²) in [6, 6.07) is 8.73. The molecule has 0 N–H and O–H groups in total. The van der Waals surface area contributed by atoms with E-state index in [-0.39, 0.29) is 13.0 Å². The maximum Gasteiger partial charge on any atom is 0.511 e. The Hall–Kier alpha value is -1.08. The summed E-state index contributed by atoms with van der Waals surface area (Å²) in [5, 5.41) is 0. The summed E-state index contributed by atoms with van der Waals surface area (Å²) in [7, 11) is -4.29. The second-order valence-electron chi connectivity index (χ2n) is 3.51. The lowest BCUT2D eigenvalue weighted by molar-refractivity contribution is -0.0482. The van der Waals surface area contributed by atoms with E-state index in [4.69, 9.17) is 0 Å². The van der Waals surface area contributed by atoms with E-state index in [0.29, 0.717) is 4.31 Å². The minimum absolute atomic E-state index is 0.203. The third kappa shape index (κ3) is 3.44. The molecule has 17 heavy (non-hydrogen) atoms. The Morgan fingerprint density at radius 3 is 2.18 bits per heavy atom. The van der Waals surface area contributed by atoms with Gasteiger partial charge in [-0.05, 0) is 12.0 Å². The van der Waals surface area contributed by atoms with Gasteiger partial charge in [-0.25, -0.2) is 8.42 Å². The molecule has 0 spiro atoms. The van der Waals surface area contributed by atoms with Crippen LogP contribution in [0.4, 0.5) is 13.2 Å². The molecule has 0 unspecified atom stereocenters. The maximum absolute atomic E-state index is 12.2. The molecule has 0 aliphatic rings. The van der Waals surface area contributed by atoms with E-state index in [2.05, 4.69) is 0 Å². The maximum atomic E-state index is 12.2. The molecular weight excluding hydrogens is 255 g/mol. The summed E-state index contributed by atoms with van der Waals surface area (Å²) >= 11 is 0. The van der Waals surface area contributed by atoms with E-state index in [1.54, 1.807) is 30.3 Å². The van der Waals surface area contributed by atoms with E-state index < -0.39 is 15.5 Å². The standard InChI is InChI=1S/C10H12F3NO2S/c1-14(17(15,16)10(11,12)13)8-7-9-5-3-2-4-6-9/h2-6H,7-8H2,1H3. The molecule has 0 fully saturated rings. The van der Waals surface area contributed by atoms with Crippen molar-refractivity contribution >= 4 is 10.0 Å². The summed E-state index contributed by atoms with van der Waals surface area (Å²) in [6.45, 7) is -0.203. The third-order valence-electron chi connectivity index (χ3n) is 2.26. The molecule has 1 aromatic carbocycles. The van der Waals surface area contributed by atoms with Crippen molar-refractivity contribution in [3.8, 4) is 0 Å². The second kappa shape index (κ2) is 5.05. The van der Waals surface area contributed by atoms with E-state index in [0.717, 1.165) is 12.6 Å². The SMILES string of the molecule is CN(CCc1ccccc1)S(=O)(=O)C(F)(F)F. The van der Waals surface area contributed by atoms with Crippen molar-refractivity contribution in [2.45, 2.75) is 11.9 Å². The second-order valence-corrected chi connectivity index (χ2v) is 5.54. The lowest BCUT2D eigenvalue weighted by atomic mass is 10.2. The van der Waals surface area contributed by atoms with Crippen LogP contribution in [0.5, 0.6) is 0 Å². The van der Waals surface area contributed by atoms with Crippen molar-refractivity contribution in [3.05, 3.63) is 35.9 Å². The van der Waals surface area contributed by atoms with Gasteiger partial charge < -0.3 is 0 Å². The van der Waals surface area contributed by atoms with Crippen LogP contribution in [0, 0.1) is 0 Å². The lowest BCUT2D eigenvalue weighted by Gasteiger charge is -2.18. The zero-order chi connectivity index (χ0) is 13.1. The molecule has 1 aromatic rings. The summed E-state index contributed by atoms with van der Waals surface area (Å²) in [5.74, 6) is 0. The predicted molar refractivity (Wildman–Crippen MR) is 57.8 cm³/mol. The molecule has 0 aliphatic carbocycles. The first-order valence-electron chi connectivity index (χ1n) is 4.81. The predicted octanol–water partition coefficient (Wildman–Crippen LogP) is 2.01. The molecule has 3 nitrogen and oxygen atoms in total. The van der Waals surface area contributed by atoms with E-state index in [1.165, 1.54) is 0 Å². The summed E-state index contributed by atoms with van der Waals surface area (Å²) in [5.41, 5.74) is -4.45. The Morgan fingerprint density at radius 2 is 1.71 bits per heavy atom. The number of hydrogen-bond donors (Lipinski definition) is 0. The number of halogens is 3. The lowest BCUT2D eigenvalue weighted by Crippen LogP contribution is -2.39. The largest absolute Gasteiger partial charge is 0.511 e. The average Bonchev–Trinajstić information content (AvgIpc) is 2.25. The van der Waals surface area contributed by atoms with Crippen molar-refractivity contribution in [2.75, 3.05) is 13.6 Å². The smallest absolute Gasteiger partial charge is 0.203 e. The summed E-state index contributed by atoms with van der Waals surface area (Å²) in [4.78, 5) is 0. The molecule has 0 saturated carbocycles. The topological polar surface area (TPSA) is 37.4 Å². The first kappa shape index (κ1) is 14.0. The zero-order valence-electron chi connectivity index (χ0n) is 9.11. The van der Waals surface area contributed by atoms with Crippen molar-refractivity contribution in [1.29, 1.82) is 0 Å². The van der Waals surface area contributed by atoms with E-state index >= 15 is 0 Å². The van der Waals surface area contributed by atoms with E-state index in [9.17, 15) is 21.6 Å². The molecule has 0 aromatic heterocycles. The van der Waals surface area contributed by atoms with Gasteiger partial charge in [-0.1, -0.05) is 30.3 Å². The number of likely N-dealkylation sites (N-methyl/N-ethyl adjacent to an activating group) is 1. The average molecular weight is 267 g/mol. The molecule has 0 bridgehead atoms. The molecule has 0 heterocycles. The molecule has 7 heteroatoms. The quantitative estimate of drug-likeness (QED) is 0.837. The number of benzene rings is 1. The van der Waals surface area contributed by atoms with Gasteiger partial charge in [0.05, 0.1) is 0 Å². The highest BCUT2D eigenvalue weighted by Crippen LogP contribution is 2.25. The number of hydrogen-bond acceptors (Lipinski definition) is 2. The summed E-state index contributed by atoms with van der Waals surface area (Å²) in [6.07, 6.45) is 0.243. The van der Waals surface area contributed by atoms with Crippen LogP contribution in [0.1, 0.15) is 5.56 Å². The van der Waals surface area contributed by atoms with Crippen LogP contribution in [0.15, 0.2) is 30.3 Å². The minimum Gasteiger partial charge on any atom is -0.203 e. The molecule has 0 saturated heterocycles. The highest BCUT2D eigenvalue weighted by atomic mass is 32.2. The molecule has 0 amide bonds. The van der Waals surface area contributed by atoms with Crippen LogP contribution < -0.4 is 0 Å². The molecule has 0 aliphatic heterocycles. The number of alkyl halides is 3. The van der Waals surface area contributed by atoms with Gasteiger partial charge in [-0.15, -0.1) is 0 Å². The van der Waals surface area contributed by atoms with Crippen LogP contribution in [0.3, 0.4) is 0 Å². The van der Waals surface area contributed by atoms with Crippen LogP contribution in [0.25, 0.3) is 0 Å². The Balaban J connectivity index is 2.66. The van der Waals surface area contributed by atoms with E-state index in [1.807, 2.05) is 0 Å². The number of nitrogens with zero attached hydrogens (tertiary/aromatic N) is 1. The molecule has 0 atom stereocenters. The van der Waals surface area contributed by atoms with Gasteiger partial charge in [0.15, 0.2) is 0 Å². The highest BCUT2D eigenvalue weighted by Gasteiger charge is 2.48. The zero-order valence-corrected chi connectivity index (χ0v) is 9.92. The van der Waals surface area contributed by atoms with Crippen LogP contribution >= 0.6 is 0 Å². The van der Waals surface area contributed by atoms with Crippen LogP contribution in [-0.4, -0.2) is 31.8 Å². The Labute approximate surface area is 97.9 Å². The van der Waals surface area contributed by atoms with Crippen molar-refractivity contribution in [2.24, 2.45) is 0 Å².